The molecule has 0 bridgehead atoms. The number of hydrogen-bond donors (Lipinski definition) is 0. The molecule has 0 radical (unpaired) electrons. The molecular formula is C24H25N3O3S. The number of carbonyl (C=O) groups is 1. The molecule has 3 aromatic rings. The molecule has 160 valence electrons. The van der Waals surface area contributed by atoms with Gasteiger partial charge in [-0.1, -0.05) is 37.3 Å². The third-order valence-electron chi connectivity index (χ3n) is 5.57. The molecule has 0 aliphatic heterocycles. The molecule has 0 amide bonds. The van der Waals surface area contributed by atoms with Gasteiger partial charge in [0.15, 0.2) is 9.84 Å². The van der Waals surface area contributed by atoms with E-state index in [1.807, 2.05) is 49.5 Å². The summed E-state index contributed by atoms with van der Waals surface area (Å²) in [4.78, 5) is 25.7. The number of Topliss-reactive ketones (excluding diaryl/α,β-unsaturated/α-hetero) is 1. The second-order valence-electron chi connectivity index (χ2n) is 7.95. The van der Waals surface area contributed by atoms with Crippen molar-refractivity contribution in [2.45, 2.75) is 49.5 Å². The van der Waals surface area contributed by atoms with Gasteiger partial charge in [-0.15, -0.1) is 0 Å². The zero-order chi connectivity index (χ0) is 21.8. The van der Waals surface area contributed by atoms with Crippen molar-refractivity contribution in [3.63, 3.8) is 0 Å². The van der Waals surface area contributed by atoms with Crippen LogP contribution in [-0.2, 0) is 26.8 Å². The first-order valence-corrected chi connectivity index (χ1v) is 12.2. The maximum absolute atomic E-state index is 13.0. The number of ketones is 1. The summed E-state index contributed by atoms with van der Waals surface area (Å²) in [6.45, 7) is 1.94. The number of aromatic nitrogens is 3. The van der Waals surface area contributed by atoms with Crippen molar-refractivity contribution in [3.8, 4) is 11.1 Å². The number of carbonyl (C=O) groups excluding carboxylic acids is 1. The van der Waals surface area contributed by atoms with E-state index in [0.29, 0.717) is 18.5 Å². The van der Waals surface area contributed by atoms with Gasteiger partial charge in [-0.05, 0) is 48.1 Å². The Hall–Kier alpha value is -2.93. The van der Waals surface area contributed by atoms with E-state index in [4.69, 9.17) is 0 Å². The lowest BCUT2D eigenvalue weighted by atomic mass is 9.92. The van der Waals surface area contributed by atoms with Crippen LogP contribution in [0.2, 0.25) is 0 Å². The van der Waals surface area contributed by atoms with E-state index in [0.717, 1.165) is 29.5 Å². The summed E-state index contributed by atoms with van der Waals surface area (Å²) in [5, 5.41) is -0.252. The van der Waals surface area contributed by atoms with E-state index < -0.39 is 9.84 Å². The van der Waals surface area contributed by atoms with Gasteiger partial charge in [0.05, 0.1) is 16.9 Å². The summed E-state index contributed by atoms with van der Waals surface area (Å²) < 4.78 is 24.5. The van der Waals surface area contributed by atoms with Crippen molar-refractivity contribution in [2.24, 2.45) is 0 Å². The Bertz CT molecular complexity index is 1160. The molecule has 0 spiro atoms. The first-order chi connectivity index (χ1) is 15.0. The quantitative estimate of drug-likeness (QED) is 0.506. The monoisotopic (exact) mass is 435 g/mol. The van der Waals surface area contributed by atoms with E-state index in [2.05, 4.69) is 15.0 Å². The van der Waals surface area contributed by atoms with Crippen LogP contribution < -0.4 is 0 Å². The van der Waals surface area contributed by atoms with Gasteiger partial charge >= 0.3 is 0 Å². The molecule has 4 rings (SSSR count). The van der Waals surface area contributed by atoms with Gasteiger partial charge in [-0.3, -0.25) is 9.78 Å². The molecular weight excluding hydrogens is 410 g/mol. The predicted octanol–water partition coefficient (Wildman–Crippen LogP) is 3.92. The van der Waals surface area contributed by atoms with Gasteiger partial charge in [-0.25, -0.2) is 18.4 Å². The van der Waals surface area contributed by atoms with Crippen LogP contribution in [0.5, 0.6) is 0 Å². The van der Waals surface area contributed by atoms with Crippen molar-refractivity contribution in [2.75, 3.05) is 0 Å². The van der Waals surface area contributed by atoms with Gasteiger partial charge in [0.2, 0.25) is 0 Å². The minimum atomic E-state index is -3.20. The van der Waals surface area contributed by atoms with Crippen LogP contribution in [0.25, 0.3) is 11.1 Å². The third-order valence-corrected chi connectivity index (χ3v) is 7.72. The molecule has 1 aliphatic rings. The fourth-order valence-corrected chi connectivity index (χ4v) is 5.27. The largest absolute Gasteiger partial charge is 0.299 e. The zero-order valence-corrected chi connectivity index (χ0v) is 18.3. The fourth-order valence-electron chi connectivity index (χ4n) is 3.68. The van der Waals surface area contributed by atoms with Gasteiger partial charge in [-0.2, -0.15) is 0 Å². The van der Waals surface area contributed by atoms with Gasteiger partial charge < -0.3 is 0 Å². The maximum Gasteiger partial charge on any atom is 0.160 e. The maximum atomic E-state index is 13.0. The van der Waals surface area contributed by atoms with Crippen molar-refractivity contribution in [1.82, 2.24) is 15.0 Å². The van der Waals surface area contributed by atoms with Crippen LogP contribution in [0.3, 0.4) is 0 Å². The molecule has 1 fully saturated rings. The Kier molecular flexibility index (Phi) is 6.23. The highest BCUT2D eigenvalue weighted by Gasteiger charge is 2.36. The molecule has 1 saturated carbocycles. The summed E-state index contributed by atoms with van der Waals surface area (Å²) in [7, 11) is -3.20. The van der Waals surface area contributed by atoms with Crippen LogP contribution in [0.15, 0.2) is 61.1 Å². The Labute approximate surface area is 182 Å². The first-order valence-electron chi connectivity index (χ1n) is 10.5. The predicted molar refractivity (Wildman–Crippen MR) is 119 cm³/mol. The number of sulfone groups is 1. The first kappa shape index (κ1) is 21.3. The van der Waals surface area contributed by atoms with Crippen LogP contribution in [0.4, 0.5) is 0 Å². The molecule has 0 N–H and O–H groups in total. The Balaban J connectivity index is 1.46. The lowest BCUT2D eigenvalue weighted by Gasteiger charge is -2.14. The van der Waals surface area contributed by atoms with E-state index >= 15 is 0 Å². The number of pyridine rings is 1. The van der Waals surface area contributed by atoms with Gasteiger partial charge in [0, 0.05) is 25.0 Å². The average Bonchev–Trinajstić information content (AvgIpc) is 3.62. The standard InChI is InChI=1S/C24H25N3O3S/c1-2-21(22-11-13-26-24(27-22)16-31(29,30)20-9-10-20)23(28)14-17-5-7-18(8-6-17)19-4-3-12-25-15-19/h3-8,11-13,15,20-21H,2,9-10,14,16H2,1H3. The minimum Gasteiger partial charge on any atom is -0.299 e. The number of hydrogen-bond acceptors (Lipinski definition) is 6. The van der Waals surface area contributed by atoms with Gasteiger partial charge in [0.1, 0.15) is 17.4 Å². The van der Waals surface area contributed by atoms with Crippen molar-refractivity contribution >= 4 is 15.6 Å². The van der Waals surface area contributed by atoms with E-state index in [1.54, 1.807) is 18.5 Å². The molecule has 1 unspecified atom stereocenters. The number of rotatable bonds is 9. The van der Waals surface area contributed by atoms with Crippen LogP contribution in [0, 0.1) is 0 Å². The molecule has 7 heteroatoms. The second kappa shape index (κ2) is 9.06. The van der Waals surface area contributed by atoms with E-state index in [-0.39, 0.29) is 28.5 Å². The van der Waals surface area contributed by atoms with Gasteiger partial charge in [0.25, 0.3) is 0 Å². The normalized spacial score (nSPS) is 14.9. The Morgan fingerprint density at radius 2 is 1.84 bits per heavy atom. The summed E-state index contributed by atoms with van der Waals surface area (Å²) in [6.07, 6.45) is 7.43. The molecule has 6 nitrogen and oxygen atoms in total. The molecule has 0 saturated heterocycles. The van der Waals surface area contributed by atoms with Crippen molar-refractivity contribution in [3.05, 3.63) is 78.1 Å². The average molecular weight is 436 g/mol. The molecule has 31 heavy (non-hydrogen) atoms. The lowest BCUT2D eigenvalue weighted by Crippen LogP contribution is -2.18. The summed E-state index contributed by atoms with van der Waals surface area (Å²) in [5.74, 6) is -0.211. The van der Waals surface area contributed by atoms with E-state index in [9.17, 15) is 13.2 Å². The highest BCUT2D eigenvalue weighted by Crippen LogP contribution is 2.30. The lowest BCUT2D eigenvalue weighted by molar-refractivity contribution is -0.120. The van der Waals surface area contributed by atoms with Crippen LogP contribution >= 0.6 is 0 Å². The van der Waals surface area contributed by atoms with Crippen molar-refractivity contribution < 1.29 is 13.2 Å². The van der Waals surface area contributed by atoms with Crippen LogP contribution in [-0.4, -0.2) is 34.4 Å². The Morgan fingerprint density at radius 1 is 1.06 bits per heavy atom. The molecule has 2 aromatic heterocycles. The summed E-state index contributed by atoms with van der Waals surface area (Å²) in [5.41, 5.74) is 3.60. The summed E-state index contributed by atoms with van der Waals surface area (Å²) in [6, 6.07) is 13.5. The highest BCUT2D eigenvalue weighted by molar-refractivity contribution is 7.91. The van der Waals surface area contributed by atoms with Crippen LogP contribution in [0.1, 0.15) is 49.2 Å². The molecule has 1 aliphatic carbocycles. The molecule has 2 heterocycles. The SMILES string of the molecule is CCC(C(=O)Cc1ccc(-c2cccnc2)cc1)c1ccnc(CS(=O)(=O)C2CC2)n1. The smallest absolute Gasteiger partial charge is 0.160 e. The Morgan fingerprint density at radius 3 is 2.48 bits per heavy atom. The summed E-state index contributed by atoms with van der Waals surface area (Å²) >= 11 is 0. The minimum absolute atomic E-state index is 0.0614. The topological polar surface area (TPSA) is 89.9 Å². The molecule has 1 atom stereocenters. The number of benzene rings is 1. The van der Waals surface area contributed by atoms with E-state index in [1.165, 1.54) is 0 Å². The highest BCUT2D eigenvalue weighted by atomic mass is 32.2. The number of nitrogens with zero attached hydrogens (tertiary/aromatic N) is 3. The molecule has 1 aromatic carbocycles. The zero-order valence-electron chi connectivity index (χ0n) is 17.4. The third kappa shape index (κ3) is 5.22. The fraction of sp³-hybridized carbons (Fsp3) is 0.333. The second-order valence-corrected chi connectivity index (χ2v) is 10.2. The van der Waals surface area contributed by atoms with Crippen molar-refractivity contribution in [1.29, 1.82) is 0 Å².